The molecule has 2 fully saturated rings. The van der Waals surface area contributed by atoms with Crippen LogP contribution in [0.15, 0.2) is 95.5 Å². The van der Waals surface area contributed by atoms with E-state index in [1.165, 1.54) is 41.5 Å². The standard InChI is InChI=1S/C45H46Cl2F2N4O7S/c1-44(2)25-36(29-3-5-32(46)6-4-29)31(27-59-44)26-52-15-17-53(18-16-52)33-7-9-35(41(22-33)60-42-21-30-11-14-50-39(30)24-38(42)48)43(54)51-61(55,56)34-8-10-40(37(47)23-34)58-28-45(49)12-19-57-20-13-45/h3-11,14,21-24,50H,12-13,15-20,25-28H2,1-2H3,(H,51,54). The van der Waals surface area contributed by atoms with Crippen LogP contribution in [-0.4, -0.2) is 94.6 Å². The summed E-state index contributed by atoms with van der Waals surface area (Å²) in [7, 11) is -4.49. The molecule has 3 aliphatic heterocycles. The van der Waals surface area contributed by atoms with Crippen molar-refractivity contribution < 1.29 is 40.9 Å². The lowest BCUT2D eigenvalue weighted by Gasteiger charge is -2.39. The summed E-state index contributed by atoms with van der Waals surface area (Å²) in [6.07, 6.45) is 2.78. The van der Waals surface area contributed by atoms with Crippen molar-refractivity contribution in [1.82, 2.24) is 14.6 Å². The molecule has 0 bridgehead atoms. The van der Waals surface area contributed by atoms with Crippen LogP contribution in [0.3, 0.4) is 0 Å². The van der Waals surface area contributed by atoms with Crippen LogP contribution < -0.4 is 19.1 Å². The van der Waals surface area contributed by atoms with Crippen molar-refractivity contribution in [3.63, 3.8) is 0 Å². The fourth-order valence-electron chi connectivity index (χ4n) is 7.82. The zero-order valence-electron chi connectivity index (χ0n) is 33.7. The van der Waals surface area contributed by atoms with Crippen LogP contribution in [0.2, 0.25) is 10.0 Å². The molecule has 0 radical (unpaired) electrons. The zero-order valence-corrected chi connectivity index (χ0v) is 36.1. The number of fused-ring (bicyclic) bond motifs is 1. The minimum absolute atomic E-state index is 0.0452. The Morgan fingerprint density at radius 2 is 1.67 bits per heavy atom. The van der Waals surface area contributed by atoms with Crippen LogP contribution in [-0.2, 0) is 19.5 Å². The molecule has 0 aliphatic carbocycles. The number of amides is 1. The van der Waals surface area contributed by atoms with Gasteiger partial charge in [-0.05, 0) is 85.2 Å². The monoisotopic (exact) mass is 894 g/mol. The first-order valence-corrected chi connectivity index (χ1v) is 22.3. The average Bonchev–Trinajstić information content (AvgIpc) is 3.68. The topological polar surface area (TPSA) is 122 Å². The molecule has 0 atom stereocenters. The van der Waals surface area contributed by atoms with Crippen LogP contribution in [0.1, 0.15) is 49.0 Å². The summed E-state index contributed by atoms with van der Waals surface area (Å²) in [5.41, 5.74) is 2.87. The predicted octanol–water partition coefficient (Wildman–Crippen LogP) is 9.20. The smallest absolute Gasteiger partial charge is 0.268 e. The Hall–Kier alpha value is -4.70. The normalized spacial score (nSPS) is 18.3. The minimum Gasteiger partial charge on any atom is -0.489 e. The van der Waals surface area contributed by atoms with Crippen LogP contribution in [0, 0.1) is 5.82 Å². The van der Waals surface area contributed by atoms with E-state index in [-0.39, 0.29) is 71.0 Å². The van der Waals surface area contributed by atoms with E-state index in [2.05, 4.69) is 45.5 Å². The molecular formula is C45H46Cl2F2N4O7S. The van der Waals surface area contributed by atoms with Crippen LogP contribution in [0.5, 0.6) is 17.2 Å². The fraction of sp³-hybridized carbons (Fsp3) is 0.356. The number of alkyl halides is 1. The summed E-state index contributed by atoms with van der Waals surface area (Å²) in [6, 6.07) is 20.9. The van der Waals surface area contributed by atoms with Crippen molar-refractivity contribution >= 4 is 61.3 Å². The van der Waals surface area contributed by atoms with Gasteiger partial charge in [-0.2, -0.15) is 0 Å². The van der Waals surface area contributed by atoms with E-state index in [4.69, 9.17) is 42.1 Å². The van der Waals surface area contributed by atoms with Crippen molar-refractivity contribution in [3.8, 4) is 17.2 Å². The molecule has 322 valence electrons. The second-order valence-electron chi connectivity index (χ2n) is 16.3. The second-order valence-corrected chi connectivity index (χ2v) is 18.8. The van der Waals surface area contributed by atoms with Gasteiger partial charge in [-0.3, -0.25) is 9.69 Å². The molecule has 16 heteroatoms. The zero-order chi connectivity index (χ0) is 42.9. The Morgan fingerprint density at radius 3 is 2.41 bits per heavy atom. The summed E-state index contributed by atoms with van der Waals surface area (Å²) in [5, 5.41) is 1.29. The number of ether oxygens (including phenoxy) is 4. The molecule has 61 heavy (non-hydrogen) atoms. The van der Waals surface area contributed by atoms with Crippen molar-refractivity contribution in [2.24, 2.45) is 0 Å². The molecule has 4 aromatic carbocycles. The van der Waals surface area contributed by atoms with Gasteiger partial charge in [0.2, 0.25) is 0 Å². The summed E-state index contributed by atoms with van der Waals surface area (Å²) in [6.45, 7) is 8.47. The van der Waals surface area contributed by atoms with Gasteiger partial charge in [0.25, 0.3) is 15.9 Å². The molecule has 4 heterocycles. The molecule has 3 aliphatic rings. The third-order valence-electron chi connectivity index (χ3n) is 11.4. The first-order valence-electron chi connectivity index (χ1n) is 20.1. The number of nitrogens with zero attached hydrogens (tertiary/aromatic N) is 2. The molecular weight excluding hydrogens is 849 g/mol. The Morgan fingerprint density at radius 1 is 0.918 bits per heavy atom. The molecule has 2 saturated heterocycles. The maximum atomic E-state index is 15.4. The maximum absolute atomic E-state index is 15.4. The summed E-state index contributed by atoms with van der Waals surface area (Å²) in [5.74, 6) is -1.78. The predicted molar refractivity (Wildman–Crippen MR) is 232 cm³/mol. The minimum atomic E-state index is -4.49. The first kappa shape index (κ1) is 43.0. The highest BCUT2D eigenvalue weighted by molar-refractivity contribution is 7.90. The molecule has 0 saturated carbocycles. The lowest BCUT2D eigenvalue weighted by molar-refractivity contribution is -0.0323. The highest BCUT2D eigenvalue weighted by atomic mass is 35.5. The van der Waals surface area contributed by atoms with Gasteiger partial charge in [0, 0.05) is 105 Å². The number of sulfonamides is 1. The summed E-state index contributed by atoms with van der Waals surface area (Å²) in [4.78, 5) is 21.0. The Kier molecular flexibility index (Phi) is 12.4. The fourth-order valence-corrected chi connectivity index (χ4v) is 9.24. The average molecular weight is 896 g/mol. The lowest BCUT2D eigenvalue weighted by atomic mass is 9.87. The van der Waals surface area contributed by atoms with Gasteiger partial charge in [0.1, 0.15) is 23.8 Å². The lowest BCUT2D eigenvalue weighted by Crippen LogP contribution is -2.47. The van der Waals surface area contributed by atoms with Crippen LogP contribution >= 0.6 is 23.2 Å². The Bertz CT molecular complexity index is 2570. The SMILES string of the molecule is CC1(C)CC(c2ccc(Cl)cc2)=C(CN2CCN(c3ccc(C(=O)NS(=O)(=O)c4ccc(OCC5(F)CCOCC5)c(Cl)c4)c(Oc4cc5cc[nH]c5cc4F)c3)CC2)CO1. The number of carbonyl (C=O) groups is 1. The molecule has 0 unspecified atom stereocenters. The van der Waals surface area contributed by atoms with E-state index in [0.717, 1.165) is 37.7 Å². The number of halogens is 4. The number of benzene rings is 4. The first-order chi connectivity index (χ1) is 29.1. The number of aromatic nitrogens is 1. The van der Waals surface area contributed by atoms with Crippen LogP contribution in [0.4, 0.5) is 14.5 Å². The molecule has 1 amide bonds. The Balaban J connectivity index is 1.00. The number of hydrogen-bond donors (Lipinski definition) is 2. The number of carbonyl (C=O) groups excluding carboxylic acids is 1. The van der Waals surface area contributed by atoms with Gasteiger partial charge >= 0.3 is 0 Å². The summed E-state index contributed by atoms with van der Waals surface area (Å²) >= 11 is 12.6. The number of aromatic amines is 1. The number of H-pyrrole nitrogens is 1. The van der Waals surface area contributed by atoms with Gasteiger partial charge in [-0.15, -0.1) is 0 Å². The Labute approximate surface area is 363 Å². The third kappa shape index (κ3) is 10.0. The molecule has 1 aromatic heterocycles. The van der Waals surface area contributed by atoms with Gasteiger partial charge < -0.3 is 28.8 Å². The molecule has 11 nitrogen and oxygen atoms in total. The maximum Gasteiger partial charge on any atom is 0.268 e. The number of anilines is 1. The van der Waals surface area contributed by atoms with Crippen molar-refractivity contribution in [3.05, 3.63) is 118 Å². The largest absolute Gasteiger partial charge is 0.489 e. The quantitative estimate of drug-likeness (QED) is 0.126. The van der Waals surface area contributed by atoms with E-state index < -0.39 is 27.4 Å². The van der Waals surface area contributed by atoms with E-state index in [0.29, 0.717) is 41.3 Å². The number of piperazine rings is 1. The third-order valence-corrected chi connectivity index (χ3v) is 13.2. The van der Waals surface area contributed by atoms with Crippen LogP contribution in [0.25, 0.3) is 16.5 Å². The molecule has 2 N–H and O–H groups in total. The van der Waals surface area contributed by atoms with Crippen molar-refractivity contribution in [2.45, 2.75) is 49.3 Å². The molecule has 8 rings (SSSR count). The van der Waals surface area contributed by atoms with E-state index in [9.17, 15) is 13.2 Å². The highest BCUT2D eigenvalue weighted by Gasteiger charge is 2.34. The number of hydrogen-bond acceptors (Lipinski definition) is 9. The molecule has 0 spiro atoms. The van der Waals surface area contributed by atoms with Gasteiger partial charge in [-0.1, -0.05) is 35.3 Å². The van der Waals surface area contributed by atoms with Gasteiger partial charge in [-0.25, -0.2) is 21.9 Å². The summed E-state index contributed by atoms with van der Waals surface area (Å²) < 4.78 is 83.0. The van der Waals surface area contributed by atoms with E-state index in [1.807, 2.05) is 12.1 Å². The highest BCUT2D eigenvalue weighted by Crippen LogP contribution is 2.38. The van der Waals surface area contributed by atoms with E-state index >= 15 is 8.78 Å². The number of rotatable bonds is 12. The second kappa shape index (κ2) is 17.6. The van der Waals surface area contributed by atoms with E-state index in [1.54, 1.807) is 24.4 Å². The number of nitrogens with one attached hydrogen (secondary N) is 2. The van der Waals surface area contributed by atoms with Crippen molar-refractivity contribution in [2.75, 3.05) is 64.1 Å². The molecule has 5 aromatic rings. The van der Waals surface area contributed by atoms with Crippen molar-refractivity contribution in [1.29, 1.82) is 0 Å². The van der Waals surface area contributed by atoms with Gasteiger partial charge in [0.05, 0.1) is 27.7 Å². The van der Waals surface area contributed by atoms with Gasteiger partial charge in [0.15, 0.2) is 11.6 Å².